The van der Waals surface area contributed by atoms with Gasteiger partial charge in [-0.15, -0.1) is 0 Å². The normalized spacial score (nSPS) is 9.38. The number of esters is 1. The molecular formula is C26H37NaO7. The number of hydrogen-bond donors (Lipinski definition) is 1. The van der Waals surface area contributed by atoms with Crippen LogP contribution >= 0.6 is 0 Å². The van der Waals surface area contributed by atoms with E-state index in [0.717, 1.165) is 24.3 Å². The Hall–Kier alpha value is -2.06. The van der Waals surface area contributed by atoms with Gasteiger partial charge in [-0.05, 0) is 68.0 Å². The SMILES string of the molecule is CCOC(=O)CCCOc1ccc(CC)cc1.CCc1ccc(OCCCC(=O)O)cc1.[Na+].[OH-]. The Morgan fingerprint density at radius 1 is 0.735 bits per heavy atom. The molecule has 2 rings (SSSR count). The third-order valence-electron chi connectivity index (χ3n) is 4.57. The first-order valence-corrected chi connectivity index (χ1v) is 11.3. The van der Waals surface area contributed by atoms with Gasteiger partial charge in [0, 0.05) is 12.8 Å². The summed E-state index contributed by atoms with van der Waals surface area (Å²) in [5, 5.41) is 8.42. The molecule has 0 bridgehead atoms. The van der Waals surface area contributed by atoms with Crippen molar-refractivity contribution in [1.29, 1.82) is 0 Å². The van der Waals surface area contributed by atoms with Crippen LogP contribution in [0.25, 0.3) is 0 Å². The molecule has 0 aliphatic heterocycles. The number of rotatable bonds is 13. The van der Waals surface area contributed by atoms with Gasteiger partial charge >= 0.3 is 41.5 Å². The minimum Gasteiger partial charge on any atom is -0.870 e. The molecule has 0 aromatic heterocycles. The van der Waals surface area contributed by atoms with E-state index < -0.39 is 5.97 Å². The number of aryl methyl sites for hydroxylation is 2. The molecule has 2 aromatic carbocycles. The monoisotopic (exact) mass is 484 g/mol. The third kappa shape index (κ3) is 16.5. The number of aliphatic carboxylic acids is 1. The van der Waals surface area contributed by atoms with Crippen LogP contribution in [0.2, 0.25) is 0 Å². The Balaban J connectivity index is 0. The Morgan fingerprint density at radius 2 is 1.15 bits per heavy atom. The molecular weight excluding hydrogens is 447 g/mol. The molecule has 0 fully saturated rings. The maximum absolute atomic E-state index is 11.1. The van der Waals surface area contributed by atoms with E-state index in [9.17, 15) is 9.59 Å². The fourth-order valence-electron chi connectivity index (χ4n) is 2.70. The zero-order chi connectivity index (χ0) is 23.6. The zero-order valence-corrected chi connectivity index (χ0v) is 22.9. The van der Waals surface area contributed by atoms with Crippen LogP contribution in [0.5, 0.6) is 11.5 Å². The van der Waals surface area contributed by atoms with E-state index in [4.69, 9.17) is 19.3 Å². The van der Waals surface area contributed by atoms with Crippen molar-refractivity contribution in [1.82, 2.24) is 0 Å². The van der Waals surface area contributed by atoms with Crippen LogP contribution in [0.3, 0.4) is 0 Å². The summed E-state index contributed by atoms with van der Waals surface area (Å²) in [7, 11) is 0. The first-order valence-electron chi connectivity index (χ1n) is 11.3. The number of carbonyl (C=O) groups excluding carboxylic acids is 1. The van der Waals surface area contributed by atoms with Crippen LogP contribution < -0.4 is 39.0 Å². The van der Waals surface area contributed by atoms with Crippen molar-refractivity contribution in [3.05, 3.63) is 59.7 Å². The van der Waals surface area contributed by atoms with E-state index >= 15 is 0 Å². The minimum absolute atomic E-state index is 0. The standard InChI is InChI=1S/C14H20O3.C12H16O3.Na.H2O/c1-3-12-7-9-13(10-8-12)17-11-5-6-14(15)16-4-2;1-2-10-5-7-11(8-6-10)15-9-3-4-12(13)14;;/h7-10H,3-6,11H2,1-2H3;5-8H,2-4,9H2,1H3,(H,13,14);;1H2/q;;+1;/p-1. The van der Waals surface area contributed by atoms with Crippen LogP contribution in [0.1, 0.15) is 57.6 Å². The Labute approximate surface area is 225 Å². The molecule has 2 aromatic rings. The molecule has 34 heavy (non-hydrogen) atoms. The zero-order valence-electron chi connectivity index (χ0n) is 20.9. The fraction of sp³-hybridized carbons (Fsp3) is 0.462. The van der Waals surface area contributed by atoms with Gasteiger partial charge in [-0.2, -0.15) is 0 Å². The molecule has 0 aliphatic rings. The van der Waals surface area contributed by atoms with E-state index in [-0.39, 0.29) is 47.4 Å². The largest absolute Gasteiger partial charge is 1.00 e. The molecule has 2 N–H and O–H groups in total. The second-order valence-electron chi connectivity index (χ2n) is 7.10. The summed E-state index contributed by atoms with van der Waals surface area (Å²) >= 11 is 0. The average molecular weight is 485 g/mol. The van der Waals surface area contributed by atoms with Gasteiger partial charge in [0.15, 0.2) is 0 Å². The molecule has 0 spiro atoms. The number of benzene rings is 2. The van der Waals surface area contributed by atoms with Gasteiger partial charge in [0.25, 0.3) is 0 Å². The van der Waals surface area contributed by atoms with Crippen molar-refractivity contribution in [2.45, 2.75) is 59.3 Å². The summed E-state index contributed by atoms with van der Waals surface area (Å²) in [6.45, 7) is 7.47. The Morgan fingerprint density at radius 3 is 1.50 bits per heavy atom. The van der Waals surface area contributed by atoms with Crippen LogP contribution in [-0.2, 0) is 27.2 Å². The molecule has 0 saturated carbocycles. The van der Waals surface area contributed by atoms with E-state index in [2.05, 4.69) is 26.0 Å². The van der Waals surface area contributed by atoms with Crippen molar-refractivity contribution in [3.63, 3.8) is 0 Å². The van der Waals surface area contributed by atoms with Gasteiger partial charge < -0.3 is 24.8 Å². The van der Waals surface area contributed by atoms with E-state index in [1.165, 1.54) is 11.1 Å². The van der Waals surface area contributed by atoms with Crippen molar-refractivity contribution in [2.75, 3.05) is 19.8 Å². The van der Waals surface area contributed by atoms with Crippen molar-refractivity contribution >= 4 is 11.9 Å². The number of carbonyl (C=O) groups is 2. The number of ether oxygens (including phenoxy) is 3. The molecule has 8 heteroatoms. The summed E-state index contributed by atoms with van der Waals surface area (Å²) in [6, 6.07) is 15.9. The van der Waals surface area contributed by atoms with Gasteiger partial charge in [0.2, 0.25) is 0 Å². The van der Waals surface area contributed by atoms with E-state index in [0.29, 0.717) is 39.1 Å². The third-order valence-corrected chi connectivity index (χ3v) is 4.57. The number of carboxylic acid groups (broad SMARTS) is 1. The van der Waals surface area contributed by atoms with Gasteiger partial charge in [-0.25, -0.2) is 0 Å². The summed E-state index contributed by atoms with van der Waals surface area (Å²) in [5.41, 5.74) is 2.57. The summed E-state index contributed by atoms with van der Waals surface area (Å²) < 4.78 is 15.7. The van der Waals surface area contributed by atoms with Gasteiger partial charge in [-0.1, -0.05) is 38.1 Å². The molecule has 0 saturated heterocycles. The van der Waals surface area contributed by atoms with E-state index in [1.54, 1.807) is 0 Å². The smallest absolute Gasteiger partial charge is 0.870 e. The van der Waals surface area contributed by atoms with Gasteiger partial charge in [0.1, 0.15) is 11.5 Å². The van der Waals surface area contributed by atoms with Gasteiger partial charge in [-0.3, -0.25) is 9.59 Å². The summed E-state index contributed by atoms with van der Waals surface area (Å²) in [5.74, 6) is 0.723. The average Bonchev–Trinajstić information content (AvgIpc) is 2.81. The predicted octanol–water partition coefficient (Wildman–Crippen LogP) is 2.29. The maximum Gasteiger partial charge on any atom is 1.00 e. The van der Waals surface area contributed by atoms with Crippen LogP contribution in [0, 0.1) is 0 Å². The second-order valence-corrected chi connectivity index (χ2v) is 7.10. The van der Waals surface area contributed by atoms with E-state index in [1.807, 2.05) is 43.3 Å². The Kier molecular flexibility index (Phi) is 21.5. The molecule has 0 amide bonds. The molecule has 0 heterocycles. The molecule has 184 valence electrons. The molecule has 7 nitrogen and oxygen atoms in total. The number of hydrogen-bond acceptors (Lipinski definition) is 6. The minimum atomic E-state index is -0.778. The number of carboxylic acids is 1. The molecule has 0 radical (unpaired) electrons. The van der Waals surface area contributed by atoms with Gasteiger partial charge in [0.05, 0.1) is 19.8 Å². The topological polar surface area (TPSA) is 112 Å². The first kappa shape index (κ1) is 34.1. The molecule has 0 aliphatic carbocycles. The fourth-order valence-corrected chi connectivity index (χ4v) is 2.70. The quantitative estimate of drug-likeness (QED) is 0.264. The van der Waals surface area contributed by atoms with Crippen molar-refractivity contribution in [2.24, 2.45) is 0 Å². The van der Waals surface area contributed by atoms with Crippen molar-refractivity contribution in [3.8, 4) is 11.5 Å². The Bertz CT molecular complexity index is 777. The second kappa shape index (κ2) is 21.5. The summed E-state index contributed by atoms with van der Waals surface area (Å²) in [4.78, 5) is 21.3. The predicted molar refractivity (Wildman–Crippen MR) is 127 cm³/mol. The van der Waals surface area contributed by atoms with Crippen molar-refractivity contribution < 1.29 is 63.9 Å². The first-order chi connectivity index (χ1) is 15.5. The molecule has 0 atom stereocenters. The van der Waals surface area contributed by atoms with Crippen LogP contribution in [0.15, 0.2) is 48.5 Å². The molecule has 0 unspecified atom stereocenters. The summed E-state index contributed by atoms with van der Waals surface area (Å²) in [6.07, 6.45) is 3.86. The van der Waals surface area contributed by atoms with Crippen LogP contribution in [-0.4, -0.2) is 42.3 Å². The van der Waals surface area contributed by atoms with Crippen LogP contribution in [0.4, 0.5) is 0 Å². The maximum atomic E-state index is 11.1.